The maximum absolute atomic E-state index is 11.8. The number of hydrogen-bond donors (Lipinski definition) is 2. The fourth-order valence-electron chi connectivity index (χ4n) is 1.73. The SMILES string of the molecule is CC(C)(C)OC(=O)NCC(=O)Nc1ccc(C(C)(C)C)cc1. The molecule has 0 aliphatic rings. The number of nitrogens with one attached hydrogen (secondary N) is 2. The van der Waals surface area contributed by atoms with E-state index in [1.807, 2.05) is 24.3 Å². The number of carbonyl (C=O) groups is 2. The zero-order chi connectivity index (χ0) is 17.0. The first kappa shape index (κ1) is 18.0. The molecule has 1 aromatic carbocycles. The van der Waals surface area contributed by atoms with Gasteiger partial charge in [-0.25, -0.2) is 4.79 Å². The van der Waals surface area contributed by atoms with Gasteiger partial charge in [0.15, 0.2) is 0 Å². The lowest BCUT2D eigenvalue weighted by molar-refractivity contribution is -0.115. The minimum atomic E-state index is -0.606. The molecule has 0 bridgehead atoms. The van der Waals surface area contributed by atoms with Crippen molar-refractivity contribution < 1.29 is 14.3 Å². The highest BCUT2D eigenvalue weighted by Crippen LogP contribution is 2.23. The predicted molar refractivity (Wildman–Crippen MR) is 88.0 cm³/mol. The molecule has 0 atom stereocenters. The minimum absolute atomic E-state index is 0.0702. The first-order valence-corrected chi connectivity index (χ1v) is 7.34. The summed E-state index contributed by atoms with van der Waals surface area (Å²) in [6, 6.07) is 7.67. The Morgan fingerprint density at radius 2 is 1.55 bits per heavy atom. The molecule has 0 aromatic heterocycles. The fourth-order valence-corrected chi connectivity index (χ4v) is 1.73. The van der Waals surface area contributed by atoms with E-state index in [0.29, 0.717) is 5.69 Å². The van der Waals surface area contributed by atoms with Crippen molar-refractivity contribution >= 4 is 17.7 Å². The quantitative estimate of drug-likeness (QED) is 0.899. The zero-order valence-corrected chi connectivity index (χ0v) is 14.2. The average molecular weight is 306 g/mol. The smallest absolute Gasteiger partial charge is 0.408 e. The number of carbonyl (C=O) groups excluding carboxylic acids is 2. The summed E-state index contributed by atoms with van der Waals surface area (Å²) in [7, 11) is 0. The van der Waals surface area contributed by atoms with E-state index in [-0.39, 0.29) is 17.9 Å². The number of ether oxygens (including phenoxy) is 1. The number of anilines is 1. The van der Waals surface area contributed by atoms with Crippen molar-refractivity contribution in [1.29, 1.82) is 0 Å². The molecule has 1 aromatic rings. The summed E-state index contributed by atoms with van der Waals surface area (Å²) in [4.78, 5) is 23.2. The van der Waals surface area contributed by atoms with Crippen LogP contribution in [0.25, 0.3) is 0 Å². The van der Waals surface area contributed by atoms with Crippen molar-refractivity contribution in [2.24, 2.45) is 0 Å². The van der Waals surface area contributed by atoms with Gasteiger partial charge in [-0.05, 0) is 43.9 Å². The van der Waals surface area contributed by atoms with Crippen LogP contribution in [0.5, 0.6) is 0 Å². The summed E-state index contributed by atoms with van der Waals surface area (Å²) in [5, 5.41) is 5.15. The third kappa shape index (κ3) is 6.61. The van der Waals surface area contributed by atoms with E-state index in [1.54, 1.807) is 20.8 Å². The van der Waals surface area contributed by atoms with Crippen molar-refractivity contribution in [3.63, 3.8) is 0 Å². The molecule has 22 heavy (non-hydrogen) atoms. The second-order valence-corrected chi connectivity index (χ2v) is 7.23. The van der Waals surface area contributed by atoms with Crippen LogP contribution in [0.4, 0.5) is 10.5 Å². The molecule has 0 saturated carbocycles. The summed E-state index contributed by atoms with van der Waals surface area (Å²) >= 11 is 0. The topological polar surface area (TPSA) is 67.4 Å². The molecule has 2 amide bonds. The van der Waals surface area contributed by atoms with E-state index >= 15 is 0 Å². The first-order chi connectivity index (χ1) is 9.97. The highest BCUT2D eigenvalue weighted by Gasteiger charge is 2.17. The molecule has 1 rings (SSSR count). The van der Waals surface area contributed by atoms with Crippen LogP contribution in [0.1, 0.15) is 47.1 Å². The summed E-state index contributed by atoms with van der Waals surface area (Å²) in [5.41, 5.74) is 1.38. The van der Waals surface area contributed by atoms with E-state index in [4.69, 9.17) is 4.74 Å². The molecule has 0 unspecified atom stereocenters. The Hall–Kier alpha value is -2.04. The van der Waals surface area contributed by atoms with E-state index < -0.39 is 11.7 Å². The summed E-state index contributed by atoms with van der Waals surface area (Å²) in [6.45, 7) is 11.6. The molecule has 0 heterocycles. The largest absolute Gasteiger partial charge is 0.444 e. The van der Waals surface area contributed by atoms with Gasteiger partial charge in [-0.15, -0.1) is 0 Å². The van der Waals surface area contributed by atoms with Gasteiger partial charge in [-0.1, -0.05) is 32.9 Å². The van der Waals surface area contributed by atoms with Crippen LogP contribution in [0.15, 0.2) is 24.3 Å². The number of alkyl carbamates (subject to hydrolysis) is 1. The summed E-state index contributed by atoms with van der Waals surface area (Å²) in [5.74, 6) is -0.297. The average Bonchev–Trinajstić information content (AvgIpc) is 2.34. The molecule has 5 nitrogen and oxygen atoms in total. The van der Waals surface area contributed by atoms with Gasteiger partial charge >= 0.3 is 6.09 Å². The number of amides is 2. The second-order valence-electron chi connectivity index (χ2n) is 7.23. The van der Waals surface area contributed by atoms with Gasteiger partial charge in [0, 0.05) is 5.69 Å². The van der Waals surface area contributed by atoms with Crippen LogP contribution < -0.4 is 10.6 Å². The molecule has 0 fully saturated rings. The Balaban J connectivity index is 2.47. The number of rotatable bonds is 3. The van der Waals surface area contributed by atoms with Crippen LogP contribution in [-0.4, -0.2) is 24.1 Å². The van der Waals surface area contributed by atoms with Gasteiger partial charge in [-0.2, -0.15) is 0 Å². The molecule has 0 aliphatic heterocycles. The van der Waals surface area contributed by atoms with E-state index in [2.05, 4.69) is 31.4 Å². The lowest BCUT2D eigenvalue weighted by Crippen LogP contribution is -2.37. The van der Waals surface area contributed by atoms with Gasteiger partial charge in [0.1, 0.15) is 12.1 Å². The summed E-state index contributed by atoms with van der Waals surface area (Å²) < 4.78 is 5.06. The molecular weight excluding hydrogens is 280 g/mol. The molecule has 122 valence electrons. The van der Waals surface area contributed by atoms with Crippen molar-refractivity contribution in [1.82, 2.24) is 5.32 Å². The van der Waals surface area contributed by atoms with Gasteiger partial charge in [0.25, 0.3) is 0 Å². The number of hydrogen-bond acceptors (Lipinski definition) is 3. The lowest BCUT2D eigenvalue weighted by atomic mass is 9.87. The molecule has 0 saturated heterocycles. The number of benzene rings is 1. The van der Waals surface area contributed by atoms with Gasteiger partial charge in [0.2, 0.25) is 5.91 Å². The van der Waals surface area contributed by atoms with E-state index in [9.17, 15) is 9.59 Å². The predicted octanol–water partition coefficient (Wildman–Crippen LogP) is 3.45. The molecule has 0 spiro atoms. The molecular formula is C17H26N2O3. The van der Waals surface area contributed by atoms with E-state index in [1.165, 1.54) is 5.56 Å². The maximum Gasteiger partial charge on any atom is 0.408 e. The maximum atomic E-state index is 11.8. The molecule has 0 radical (unpaired) electrons. The van der Waals surface area contributed by atoms with Crippen LogP contribution in [0, 0.1) is 0 Å². The first-order valence-electron chi connectivity index (χ1n) is 7.34. The van der Waals surface area contributed by atoms with E-state index in [0.717, 1.165) is 0 Å². The monoisotopic (exact) mass is 306 g/mol. The van der Waals surface area contributed by atoms with Gasteiger partial charge in [0.05, 0.1) is 0 Å². The Morgan fingerprint density at radius 3 is 2.00 bits per heavy atom. The molecule has 0 aliphatic carbocycles. The van der Waals surface area contributed by atoms with Crippen molar-refractivity contribution in [3.8, 4) is 0 Å². The molecule has 5 heteroatoms. The minimum Gasteiger partial charge on any atom is -0.444 e. The Morgan fingerprint density at radius 1 is 1.00 bits per heavy atom. The van der Waals surface area contributed by atoms with Gasteiger partial charge in [-0.3, -0.25) is 4.79 Å². The molecule has 2 N–H and O–H groups in total. The second kappa shape index (κ2) is 6.81. The standard InChI is InChI=1S/C17H26N2O3/c1-16(2,3)12-7-9-13(10-8-12)19-14(20)11-18-15(21)22-17(4,5)6/h7-10H,11H2,1-6H3,(H,18,21)(H,19,20). The van der Waals surface area contributed by atoms with Gasteiger partial charge < -0.3 is 15.4 Å². The van der Waals surface area contributed by atoms with Crippen LogP contribution in [0.2, 0.25) is 0 Å². The fraction of sp³-hybridized carbons (Fsp3) is 0.529. The third-order valence-corrected chi connectivity index (χ3v) is 2.83. The summed E-state index contributed by atoms with van der Waals surface area (Å²) in [6.07, 6.45) is -0.606. The third-order valence-electron chi connectivity index (χ3n) is 2.83. The van der Waals surface area contributed by atoms with Crippen molar-refractivity contribution in [2.75, 3.05) is 11.9 Å². The van der Waals surface area contributed by atoms with Crippen molar-refractivity contribution in [3.05, 3.63) is 29.8 Å². The van der Waals surface area contributed by atoms with Crippen LogP contribution in [0.3, 0.4) is 0 Å². The Labute approximate surface area is 132 Å². The zero-order valence-electron chi connectivity index (χ0n) is 14.2. The Bertz CT molecular complexity index is 522. The van der Waals surface area contributed by atoms with Crippen LogP contribution in [-0.2, 0) is 14.9 Å². The highest BCUT2D eigenvalue weighted by molar-refractivity contribution is 5.93. The van der Waals surface area contributed by atoms with Crippen LogP contribution >= 0.6 is 0 Å². The van der Waals surface area contributed by atoms with Crippen molar-refractivity contribution in [2.45, 2.75) is 52.6 Å². The normalized spacial score (nSPS) is 11.7. The highest BCUT2D eigenvalue weighted by atomic mass is 16.6. The Kier molecular flexibility index (Phi) is 5.58. The lowest BCUT2D eigenvalue weighted by Gasteiger charge is -2.20.